The summed E-state index contributed by atoms with van der Waals surface area (Å²) in [6.45, 7) is -0.264. The number of hydrogen-bond acceptors (Lipinski definition) is 15. The molecule has 1 aliphatic rings. The van der Waals surface area contributed by atoms with Gasteiger partial charge >= 0.3 is 23.9 Å². The van der Waals surface area contributed by atoms with Gasteiger partial charge in [-0.2, -0.15) is 5.10 Å². The number of carboxylic acid groups (broad SMARTS) is 4. The smallest absolute Gasteiger partial charge is 0.339 e. The molecule has 4 rings (SSSR count). The van der Waals surface area contributed by atoms with Crippen LogP contribution in [-0.4, -0.2) is 205 Å². The predicted molar refractivity (Wildman–Crippen MR) is 223 cm³/mol. The van der Waals surface area contributed by atoms with Gasteiger partial charge in [-0.05, 0) is 44.0 Å². The van der Waals surface area contributed by atoms with E-state index >= 15 is 0 Å². The van der Waals surface area contributed by atoms with Crippen LogP contribution >= 0.6 is 0 Å². The third-order valence-corrected chi connectivity index (χ3v) is 10.4. The van der Waals surface area contributed by atoms with E-state index in [9.17, 15) is 54.0 Å². The zero-order valence-electron chi connectivity index (χ0n) is 34.7. The first-order valence-corrected chi connectivity index (χ1v) is 20.5. The van der Waals surface area contributed by atoms with E-state index in [0.717, 1.165) is 11.9 Å². The average Bonchev–Trinajstić information content (AvgIpc) is 3.89. The highest BCUT2D eigenvalue weighted by Crippen LogP contribution is 2.18. The fourth-order valence-electron chi connectivity index (χ4n) is 7.01. The lowest BCUT2D eigenvalue weighted by molar-refractivity contribution is -0.153. The number of benzene rings is 1. The van der Waals surface area contributed by atoms with Crippen LogP contribution in [0.15, 0.2) is 36.8 Å². The molecule has 0 bridgehead atoms. The van der Waals surface area contributed by atoms with E-state index in [1.54, 1.807) is 61.1 Å². The van der Waals surface area contributed by atoms with Gasteiger partial charge in [-0.15, -0.1) is 0 Å². The molecule has 1 aliphatic heterocycles. The summed E-state index contributed by atoms with van der Waals surface area (Å²) in [4.78, 5) is 103. The number of aromatic amines is 1. The zero-order valence-corrected chi connectivity index (χ0v) is 34.7. The first-order valence-electron chi connectivity index (χ1n) is 20.5. The Hall–Kier alpha value is -6.01. The molecule has 3 aromatic rings. The Balaban J connectivity index is 1.55. The number of aliphatic carboxylic acids is 4. The number of carbonyl (C=O) groups is 7. The average molecular weight is 871 g/mol. The second-order valence-corrected chi connectivity index (χ2v) is 15.1. The number of nitrogens with two attached hydrogens (primary N) is 1. The van der Waals surface area contributed by atoms with E-state index in [2.05, 4.69) is 31.0 Å². The molecule has 23 heteroatoms. The largest absolute Gasteiger partial charge is 0.480 e. The second-order valence-electron chi connectivity index (χ2n) is 15.1. The van der Waals surface area contributed by atoms with E-state index in [0.29, 0.717) is 50.2 Å². The topological polar surface area (TPSA) is 322 Å². The molecule has 62 heavy (non-hydrogen) atoms. The van der Waals surface area contributed by atoms with E-state index in [4.69, 9.17) is 5.73 Å². The number of anilines is 1. The summed E-state index contributed by atoms with van der Waals surface area (Å²) >= 11 is 0. The van der Waals surface area contributed by atoms with Gasteiger partial charge in [0.05, 0.1) is 44.4 Å². The Bertz CT molecular complexity index is 1940. The van der Waals surface area contributed by atoms with Crippen molar-refractivity contribution in [3.63, 3.8) is 0 Å². The summed E-state index contributed by atoms with van der Waals surface area (Å²) in [5.41, 5.74) is 3.85. The van der Waals surface area contributed by atoms with Crippen LogP contribution in [-0.2, 0) is 35.3 Å². The molecule has 2 aromatic heterocycles. The molecule has 10 N–H and O–H groups in total. The molecule has 1 aromatic carbocycles. The van der Waals surface area contributed by atoms with Crippen molar-refractivity contribution in [2.45, 2.75) is 44.2 Å². The summed E-state index contributed by atoms with van der Waals surface area (Å²) < 4.78 is 1.78. The number of H-pyrrole nitrogens is 1. The van der Waals surface area contributed by atoms with Crippen molar-refractivity contribution >= 4 is 58.3 Å². The van der Waals surface area contributed by atoms with Crippen molar-refractivity contribution in [1.29, 1.82) is 0 Å². The molecule has 2 amide bonds. The molecule has 340 valence electrons. The molecule has 23 nitrogen and oxygen atoms in total. The van der Waals surface area contributed by atoms with Crippen LogP contribution in [0.3, 0.4) is 0 Å². The maximum atomic E-state index is 14.4. The number of aromatic nitrogens is 4. The molecule has 1 saturated heterocycles. The Labute approximate surface area is 357 Å². The molecule has 0 radical (unpaired) electrons. The molecule has 1 fully saturated rings. The van der Waals surface area contributed by atoms with E-state index in [1.165, 1.54) is 0 Å². The third kappa shape index (κ3) is 15.5. The Morgan fingerprint density at radius 3 is 1.85 bits per heavy atom. The highest BCUT2D eigenvalue weighted by Gasteiger charge is 2.48. The first kappa shape index (κ1) is 48.7. The summed E-state index contributed by atoms with van der Waals surface area (Å²) in [6.07, 6.45) is 7.12. The van der Waals surface area contributed by atoms with E-state index in [1.807, 2.05) is 0 Å². The van der Waals surface area contributed by atoms with Gasteiger partial charge in [0.2, 0.25) is 11.4 Å². The lowest BCUT2D eigenvalue weighted by Crippen LogP contribution is -2.67. The summed E-state index contributed by atoms with van der Waals surface area (Å²) in [5.74, 6) is -6.89. The maximum Gasteiger partial charge on any atom is 0.339 e. The summed E-state index contributed by atoms with van der Waals surface area (Å²) in [5, 5.41) is 52.6. The Kier molecular flexibility index (Phi) is 19.2. The molecule has 1 atom stereocenters. The number of ketones is 1. The van der Waals surface area contributed by atoms with Crippen LogP contribution in [0.4, 0.5) is 5.95 Å². The molecule has 0 spiro atoms. The summed E-state index contributed by atoms with van der Waals surface area (Å²) in [6, 6.07) is 4.83. The van der Waals surface area contributed by atoms with Gasteiger partial charge in [0.15, 0.2) is 11.7 Å². The van der Waals surface area contributed by atoms with Crippen LogP contribution in [0.5, 0.6) is 0 Å². The number of imidazole rings is 1. The maximum absolute atomic E-state index is 14.4. The Morgan fingerprint density at radius 1 is 0.758 bits per heavy atom. The molecule has 0 aliphatic carbocycles. The van der Waals surface area contributed by atoms with Crippen LogP contribution in [0.2, 0.25) is 0 Å². The fourth-order valence-corrected chi connectivity index (χ4v) is 7.01. The van der Waals surface area contributed by atoms with Crippen LogP contribution < -0.4 is 21.7 Å². The van der Waals surface area contributed by atoms with Crippen molar-refractivity contribution in [3.05, 3.63) is 42.4 Å². The highest BCUT2D eigenvalue weighted by atomic mass is 16.4. The second kappa shape index (κ2) is 24.4. The number of aryl methyl sites for hydroxylation is 1. The number of amides is 2. The van der Waals surface area contributed by atoms with Gasteiger partial charge in [-0.25, -0.2) is 9.78 Å². The van der Waals surface area contributed by atoms with Crippen molar-refractivity contribution in [3.8, 4) is 0 Å². The van der Waals surface area contributed by atoms with Gasteiger partial charge in [-0.1, -0.05) is 6.42 Å². The monoisotopic (exact) mass is 870 g/mol. The lowest BCUT2D eigenvalue weighted by Gasteiger charge is -2.35. The standard InChI is InChI=1S/C39H58N12O11/c40-8-3-1-2-5-32(53)46-39(37(61)62,27-44-36(60)28-6-7-30-29(21-28)22-45-51(30)12-4-9-41-38-42-10-11-43-38)31(52)23-47-13-15-48(24-33(54)55)17-19-50(26-35(58)59)20-18-49(16-14-47)25-34(56)57/h6-7,10-11,21-22H,1-5,8-9,12-20,23-27,40H2,(H,44,60)(H,46,53)(H,54,55)(H,56,57)(H,58,59)(H,61,62)(H2,41,42,43). The number of carbonyl (C=O) groups excluding carboxylic acids is 3. The SMILES string of the molecule is NCCCCCC(=O)NC(CNC(=O)c1ccc2c(cnn2CCCNc2ncc[nH]2)c1)(C(=O)O)C(=O)CN1CCN(CC(=O)O)CCN(CC(=O)O)CCN(CC(=O)O)CC1. The number of unbranched alkanes of at least 4 members (excludes halogenated alkanes) is 2. The molecule has 0 saturated carbocycles. The number of rotatable bonds is 24. The molecular formula is C39H58N12O11. The van der Waals surface area contributed by atoms with Gasteiger partial charge in [0, 0.05) is 95.2 Å². The Morgan fingerprint density at radius 2 is 1.34 bits per heavy atom. The predicted octanol–water partition coefficient (Wildman–Crippen LogP) is -1.51. The number of fused-ring (bicyclic) bond motifs is 1. The highest BCUT2D eigenvalue weighted by molar-refractivity contribution is 6.12. The number of hydrogen-bond donors (Lipinski definition) is 9. The molecule has 1 unspecified atom stereocenters. The lowest BCUT2D eigenvalue weighted by atomic mass is 9.92. The van der Waals surface area contributed by atoms with E-state index < -0.39 is 73.2 Å². The van der Waals surface area contributed by atoms with Gasteiger partial charge in [0.1, 0.15) is 0 Å². The van der Waals surface area contributed by atoms with Crippen LogP contribution in [0, 0.1) is 0 Å². The van der Waals surface area contributed by atoms with Gasteiger partial charge < -0.3 is 47.1 Å². The summed E-state index contributed by atoms with van der Waals surface area (Å²) in [7, 11) is 0. The molecular weight excluding hydrogens is 813 g/mol. The minimum Gasteiger partial charge on any atom is -0.480 e. The van der Waals surface area contributed by atoms with Crippen LogP contribution in [0.1, 0.15) is 42.5 Å². The minimum atomic E-state index is -2.64. The zero-order chi connectivity index (χ0) is 45.1. The number of carboxylic acids is 4. The number of nitrogens with zero attached hydrogens (tertiary/aromatic N) is 7. The van der Waals surface area contributed by atoms with Crippen molar-refractivity contribution in [2.75, 3.05) is 103 Å². The van der Waals surface area contributed by atoms with Crippen molar-refractivity contribution in [1.82, 2.24) is 50.0 Å². The quantitative estimate of drug-likeness (QED) is 0.0365. The van der Waals surface area contributed by atoms with Gasteiger partial charge in [-0.3, -0.25) is 53.0 Å². The first-order chi connectivity index (χ1) is 29.7. The van der Waals surface area contributed by atoms with Crippen molar-refractivity contribution < 1.29 is 54.0 Å². The fraction of sp³-hybridized carbons (Fsp3) is 0.564. The number of nitrogens with one attached hydrogen (secondary N) is 4. The van der Waals surface area contributed by atoms with E-state index in [-0.39, 0.29) is 70.9 Å². The van der Waals surface area contributed by atoms with Crippen molar-refractivity contribution in [2.24, 2.45) is 5.73 Å². The molecule has 3 heterocycles. The van der Waals surface area contributed by atoms with Crippen LogP contribution in [0.25, 0.3) is 10.9 Å². The third-order valence-electron chi connectivity index (χ3n) is 10.4. The normalized spacial score (nSPS) is 16.1. The minimum absolute atomic E-state index is 0.0160. The number of Topliss-reactive ketones (excluding diaryl/α,β-unsaturated/α-hetero) is 1. The van der Waals surface area contributed by atoms with Gasteiger partial charge in [0.25, 0.3) is 5.91 Å².